The zero-order valence-electron chi connectivity index (χ0n) is 9.87. The smallest absolute Gasteiger partial charge is 0.0837 e. The molecule has 0 aliphatic heterocycles. The van der Waals surface area contributed by atoms with E-state index in [4.69, 9.17) is 0 Å². The van der Waals surface area contributed by atoms with Crippen LogP contribution >= 0.6 is 27.3 Å². The lowest BCUT2D eigenvalue weighted by molar-refractivity contribution is 0.0566. The number of aliphatic hydroxyl groups excluding tert-OH is 1. The van der Waals surface area contributed by atoms with Crippen LogP contribution in [0.25, 0.3) is 0 Å². The Kier molecular flexibility index (Phi) is 3.77. The van der Waals surface area contributed by atoms with Crippen molar-refractivity contribution in [2.75, 3.05) is 0 Å². The second-order valence-corrected chi connectivity index (χ2v) is 7.22. The lowest BCUT2D eigenvalue weighted by Crippen LogP contribution is -2.25. The van der Waals surface area contributed by atoms with Gasteiger partial charge in [-0.05, 0) is 58.3 Å². The van der Waals surface area contributed by atoms with Crippen LogP contribution in [-0.4, -0.2) is 5.11 Å². The highest BCUT2D eigenvalue weighted by Gasteiger charge is 2.31. The Morgan fingerprint density at radius 3 is 2.50 bits per heavy atom. The molecule has 0 saturated heterocycles. The molecule has 1 N–H and O–H groups in total. The third-order valence-corrected chi connectivity index (χ3v) is 5.54. The largest absolute Gasteiger partial charge is 0.388 e. The first kappa shape index (κ1) is 12.6. The van der Waals surface area contributed by atoms with E-state index in [9.17, 15) is 5.11 Å². The van der Waals surface area contributed by atoms with Gasteiger partial charge in [-0.3, -0.25) is 0 Å². The summed E-state index contributed by atoms with van der Waals surface area (Å²) >= 11 is 5.16. The molecule has 1 unspecified atom stereocenters. The Bertz CT molecular complexity index is 349. The van der Waals surface area contributed by atoms with Crippen molar-refractivity contribution in [3.63, 3.8) is 0 Å². The van der Waals surface area contributed by atoms with Gasteiger partial charge in [-0.25, -0.2) is 0 Å². The van der Waals surface area contributed by atoms with E-state index in [0.717, 1.165) is 22.9 Å². The molecule has 3 heteroatoms. The minimum absolute atomic E-state index is 0.281. The minimum Gasteiger partial charge on any atom is -0.388 e. The molecule has 1 saturated carbocycles. The lowest BCUT2D eigenvalue weighted by atomic mass is 9.71. The zero-order valence-corrected chi connectivity index (χ0v) is 12.3. The fourth-order valence-corrected chi connectivity index (χ4v) is 4.05. The van der Waals surface area contributed by atoms with Crippen molar-refractivity contribution in [1.29, 1.82) is 0 Å². The molecule has 0 radical (unpaired) electrons. The molecule has 90 valence electrons. The molecule has 0 spiro atoms. The average molecular weight is 303 g/mol. The molecule has 16 heavy (non-hydrogen) atoms. The average Bonchev–Trinajstić information content (AvgIpc) is 2.63. The summed E-state index contributed by atoms with van der Waals surface area (Å²) in [7, 11) is 0. The molecule has 1 aromatic rings. The van der Waals surface area contributed by atoms with Crippen LogP contribution in [0.3, 0.4) is 0 Å². The molecule has 1 aliphatic rings. The van der Waals surface area contributed by atoms with Gasteiger partial charge in [-0.2, -0.15) is 11.3 Å². The highest BCUT2D eigenvalue weighted by Crippen LogP contribution is 2.44. The molecule has 0 amide bonds. The summed E-state index contributed by atoms with van der Waals surface area (Å²) in [6.07, 6.45) is 4.48. The summed E-state index contributed by atoms with van der Waals surface area (Å²) in [6, 6.07) is 0. The van der Waals surface area contributed by atoms with Crippen LogP contribution in [0.15, 0.2) is 15.2 Å². The third-order valence-electron chi connectivity index (χ3n) is 3.79. The normalized spacial score (nSPS) is 23.2. The van der Waals surface area contributed by atoms with Gasteiger partial charge in [0.15, 0.2) is 0 Å². The molecular weight excluding hydrogens is 284 g/mol. The van der Waals surface area contributed by atoms with E-state index < -0.39 is 0 Å². The predicted octanol–water partition coefficient (Wildman–Crippen LogP) is 4.76. The van der Waals surface area contributed by atoms with Gasteiger partial charge in [0.2, 0.25) is 0 Å². The first-order chi connectivity index (χ1) is 7.49. The highest BCUT2D eigenvalue weighted by molar-refractivity contribution is 9.10. The number of hydrogen-bond donors (Lipinski definition) is 1. The summed E-state index contributed by atoms with van der Waals surface area (Å²) in [5.41, 5.74) is 1.55. The number of rotatable bonds is 2. The quantitative estimate of drug-likeness (QED) is 0.835. The van der Waals surface area contributed by atoms with Crippen molar-refractivity contribution in [1.82, 2.24) is 0 Å². The van der Waals surface area contributed by atoms with E-state index in [1.165, 1.54) is 12.8 Å². The number of hydrogen-bond acceptors (Lipinski definition) is 2. The van der Waals surface area contributed by atoms with Gasteiger partial charge in [0, 0.05) is 15.4 Å². The van der Waals surface area contributed by atoms with Crippen LogP contribution in [-0.2, 0) is 0 Å². The fraction of sp³-hybridized carbons (Fsp3) is 0.692. The maximum atomic E-state index is 10.4. The van der Waals surface area contributed by atoms with E-state index >= 15 is 0 Å². The molecule has 1 atom stereocenters. The predicted molar refractivity (Wildman–Crippen MR) is 72.7 cm³/mol. The second-order valence-electron chi connectivity index (χ2n) is 5.62. The van der Waals surface area contributed by atoms with Crippen LogP contribution in [0.2, 0.25) is 0 Å². The van der Waals surface area contributed by atoms with Crippen molar-refractivity contribution < 1.29 is 5.11 Å². The Morgan fingerprint density at radius 2 is 2.00 bits per heavy atom. The summed E-state index contributed by atoms with van der Waals surface area (Å²) in [5.74, 6) is 0.443. The van der Waals surface area contributed by atoms with E-state index in [1.54, 1.807) is 11.3 Å². The lowest BCUT2D eigenvalue weighted by Gasteiger charge is -2.36. The van der Waals surface area contributed by atoms with Gasteiger partial charge in [-0.15, -0.1) is 0 Å². The summed E-state index contributed by atoms with van der Waals surface area (Å²) in [5, 5.41) is 14.5. The van der Waals surface area contributed by atoms with Gasteiger partial charge in [-0.1, -0.05) is 13.8 Å². The summed E-state index contributed by atoms with van der Waals surface area (Å²) in [6.45, 7) is 4.66. The fourth-order valence-electron chi connectivity index (χ4n) is 2.49. The molecule has 1 nitrogen and oxygen atoms in total. The van der Waals surface area contributed by atoms with E-state index in [-0.39, 0.29) is 6.10 Å². The summed E-state index contributed by atoms with van der Waals surface area (Å²) < 4.78 is 1.06. The Labute approximate surface area is 110 Å². The van der Waals surface area contributed by atoms with Crippen molar-refractivity contribution in [3.8, 4) is 0 Å². The van der Waals surface area contributed by atoms with Crippen molar-refractivity contribution in [2.24, 2.45) is 11.3 Å². The second kappa shape index (κ2) is 4.79. The van der Waals surface area contributed by atoms with Gasteiger partial charge >= 0.3 is 0 Å². The molecule has 0 bridgehead atoms. The van der Waals surface area contributed by atoms with E-state index in [2.05, 4.69) is 35.2 Å². The maximum absolute atomic E-state index is 10.4. The first-order valence-electron chi connectivity index (χ1n) is 5.89. The standard InChI is InChI=1S/C13H19BrOS/c1-13(2)5-3-9(4-6-13)12(15)10-7-16-8-11(10)14/h7-9,12,15H,3-6H2,1-2H3. The Hall–Kier alpha value is 0.140. The minimum atomic E-state index is -0.281. The molecule has 1 aromatic heterocycles. The van der Waals surface area contributed by atoms with Crippen LogP contribution in [0.1, 0.15) is 51.2 Å². The van der Waals surface area contributed by atoms with Gasteiger partial charge in [0.25, 0.3) is 0 Å². The molecule has 0 aromatic carbocycles. The first-order valence-corrected chi connectivity index (χ1v) is 7.63. The number of halogens is 1. The van der Waals surface area contributed by atoms with Gasteiger partial charge in [0.05, 0.1) is 6.10 Å². The molecule has 1 heterocycles. The van der Waals surface area contributed by atoms with Crippen LogP contribution in [0, 0.1) is 11.3 Å². The van der Waals surface area contributed by atoms with E-state index in [1.807, 2.05) is 5.38 Å². The third kappa shape index (κ3) is 2.69. The topological polar surface area (TPSA) is 20.2 Å². The Balaban J connectivity index is 2.02. The van der Waals surface area contributed by atoms with Crippen LogP contribution in [0.4, 0.5) is 0 Å². The van der Waals surface area contributed by atoms with E-state index in [0.29, 0.717) is 11.3 Å². The summed E-state index contributed by atoms with van der Waals surface area (Å²) in [4.78, 5) is 0. The monoisotopic (exact) mass is 302 g/mol. The number of thiophene rings is 1. The van der Waals surface area contributed by atoms with Crippen molar-refractivity contribution in [3.05, 3.63) is 20.8 Å². The molecule has 2 rings (SSSR count). The van der Waals surface area contributed by atoms with Crippen molar-refractivity contribution in [2.45, 2.75) is 45.6 Å². The van der Waals surface area contributed by atoms with Gasteiger partial charge < -0.3 is 5.11 Å². The van der Waals surface area contributed by atoms with Crippen LogP contribution in [0.5, 0.6) is 0 Å². The number of aliphatic hydroxyl groups is 1. The van der Waals surface area contributed by atoms with Crippen LogP contribution < -0.4 is 0 Å². The Morgan fingerprint density at radius 1 is 1.38 bits per heavy atom. The zero-order chi connectivity index (χ0) is 11.8. The molecule has 1 fully saturated rings. The maximum Gasteiger partial charge on any atom is 0.0837 e. The SMILES string of the molecule is CC1(C)CCC(C(O)c2cscc2Br)CC1. The van der Waals surface area contributed by atoms with Crippen molar-refractivity contribution >= 4 is 27.3 Å². The molecular formula is C13H19BrOS. The highest BCUT2D eigenvalue weighted by atomic mass is 79.9. The van der Waals surface area contributed by atoms with Gasteiger partial charge in [0.1, 0.15) is 0 Å². The molecule has 1 aliphatic carbocycles.